The average Bonchev–Trinajstić information content (AvgIpc) is 2.66. The Hall–Kier alpha value is -0.810. The van der Waals surface area contributed by atoms with Crippen molar-refractivity contribution in [3.63, 3.8) is 0 Å². The van der Waals surface area contributed by atoms with Crippen molar-refractivity contribution < 1.29 is 4.79 Å². The lowest BCUT2D eigenvalue weighted by atomic mass is 9.71. The molecule has 0 radical (unpaired) electrons. The molecule has 27 heavy (non-hydrogen) atoms. The lowest BCUT2D eigenvalue weighted by Crippen LogP contribution is -2.38. The number of rotatable bonds is 9. The number of halogens is 2. The van der Waals surface area contributed by atoms with Gasteiger partial charge in [0.1, 0.15) is 0 Å². The molecule has 0 spiro atoms. The lowest BCUT2D eigenvalue weighted by molar-refractivity contribution is -0.124. The summed E-state index contributed by atoms with van der Waals surface area (Å²) in [5, 5.41) is 3.08. The van der Waals surface area contributed by atoms with Crippen LogP contribution in [0.15, 0.2) is 24.3 Å². The number of carbonyl (C=O) groups excluding carboxylic acids is 1. The van der Waals surface area contributed by atoms with Gasteiger partial charge in [-0.1, -0.05) is 57.4 Å². The first-order valence-electron chi connectivity index (χ1n) is 9.88. The number of amides is 1. The van der Waals surface area contributed by atoms with E-state index >= 15 is 0 Å². The number of nitrogens with zero attached hydrogens (tertiary/aromatic N) is 1. The van der Waals surface area contributed by atoms with Gasteiger partial charge in [-0.2, -0.15) is 0 Å². The third kappa shape index (κ3) is 8.39. The van der Waals surface area contributed by atoms with Crippen LogP contribution in [-0.4, -0.2) is 30.4 Å². The predicted molar refractivity (Wildman–Crippen MR) is 119 cm³/mol. The highest BCUT2D eigenvalue weighted by Gasteiger charge is 2.32. The summed E-state index contributed by atoms with van der Waals surface area (Å²) in [5.41, 5.74) is 8.50. The topological polar surface area (TPSA) is 58.4 Å². The van der Waals surface area contributed by atoms with Gasteiger partial charge in [-0.15, -0.1) is 24.8 Å². The lowest BCUT2D eigenvalue weighted by Gasteiger charge is -2.35. The highest BCUT2D eigenvalue weighted by molar-refractivity contribution is 5.85. The second-order valence-corrected chi connectivity index (χ2v) is 7.50. The first-order chi connectivity index (χ1) is 12.1. The molecule has 0 heterocycles. The van der Waals surface area contributed by atoms with Gasteiger partial charge >= 0.3 is 0 Å². The van der Waals surface area contributed by atoms with Crippen molar-refractivity contribution >= 4 is 30.7 Å². The second-order valence-electron chi connectivity index (χ2n) is 7.50. The maximum atomic E-state index is 12.4. The quantitative estimate of drug-likeness (QED) is 0.629. The normalized spacial score (nSPS) is 15.6. The summed E-state index contributed by atoms with van der Waals surface area (Å²) in [7, 11) is 0. The molecule has 1 aliphatic rings. The minimum absolute atomic E-state index is 0. The fraction of sp³-hybridized carbons (Fsp3) is 0.667. The summed E-state index contributed by atoms with van der Waals surface area (Å²) in [6.45, 7) is 8.72. The van der Waals surface area contributed by atoms with Gasteiger partial charge < -0.3 is 11.1 Å². The van der Waals surface area contributed by atoms with E-state index < -0.39 is 0 Å². The van der Waals surface area contributed by atoms with Gasteiger partial charge in [0.05, 0.1) is 0 Å². The number of hydrogen-bond acceptors (Lipinski definition) is 3. The van der Waals surface area contributed by atoms with Crippen LogP contribution in [0.1, 0.15) is 63.5 Å². The molecule has 0 saturated heterocycles. The van der Waals surface area contributed by atoms with Crippen molar-refractivity contribution in [2.75, 3.05) is 19.6 Å². The predicted octanol–water partition coefficient (Wildman–Crippen LogP) is 4.29. The van der Waals surface area contributed by atoms with Gasteiger partial charge in [0, 0.05) is 19.5 Å². The van der Waals surface area contributed by atoms with Crippen LogP contribution in [0.5, 0.6) is 0 Å². The zero-order valence-corrected chi connectivity index (χ0v) is 18.5. The molecule has 3 N–H and O–H groups in total. The Morgan fingerprint density at radius 2 is 1.59 bits per heavy atom. The number of nitrogens with one attached hydrogen (secondary N) is 1. The molecule has 4 nitrogen and oxygen atoms in total. The molecule has 0 atom stereocenters. The van der Waals surface area contributed by atoms with E-state index in [1.807, 2.05) is 0 Å². The van der Waals surface area contributed by atoms with Gasteiger partial charge in [0.2, 0.25) is 5.91 Å². The smallest absolute Gasteiger partial charge is 0.220 e. The molecular weight excluding hydrogens is 381 g/mol. The SMILES string of the molecule is CCN(CC)Cc1ccc(CNC(=O)CC2(CN)CCCCC2)cc1.Cl.Cl. The van der Waals surface area contributed by atoms with E-state index in [4.69, 9.17) is 5.73 Å². The largest absolute Gasteiger partial charge is 0.352 e. The Morgan fingerprint density at radius 1 is 1.04 bits per heavy atom. The molecule has 1 amide bonds. The third-order valence-corrected chi connectivity index (χ3v) is 5.70. The molecule has 1 aliphatic carbocycles. The minimum atomic E-state index is 0. The zero-order chi connectivity index (χ0) is 18.1. The van der Waals surface area contributed by atoms with E-state index in [0.29, 0.717) is 19.5 Å². The number of hydrogen-bond donors (Lipinski definition) is 2. The van der Waals surface area contributed by atoms with Crippen LogP contribution >= 0.6 is 24.8 Å². The van der Waals surface area contributed by atoms with Crippen LogP contribution in [0, 0.1) is 5.41 Å². The Balaban J connectivity index is 0.00000338. The molecule has 6 heteroatoms. The van der Waals surface area contributed by atoms with Crippen molar-refractivity contribution in [3.05, 3.63) is 35.4 Å². The van der Waals surface area contributed by atoms with Crippen LogP contribution in [0.25, 0.3) is 0 Å². The maximum absolute atomic E-state index is 12.4. The molecule has 0 bridgehead atoms. The second kappa shape index (κ2) is 13.4. The molecule has 0 unspecified atom stereocenters. The third-order valence-electron chi connectivity index (χ3n) is 5.70. The molecular formula is C21H37Cl2N3O. The Labute approximate surface area is 177 Å². The van der Waals surface area contributed by atoms with Gasteiger partial charge in [-0.3, -0.25) is 9.69 Å². The fourth-order valence-corrected chi connectivity index (χ4v) is 3.83. The van der Waals surface area contributed by atoms with Gasteiger partial charge in [0.25, 0.3) is 0 Å². The van der Waals surface area contributed by atoms with Crippen molar-refractivity contribution in [1.82, 2.24) is 10.2 Å². The highest BCUT2D eigenvalue weighted by Crippen LogP contribution is 2.38. The van der Waals surface area contributed by atoms with Crippen molar-refractivity contribution in [3.8, 4) is 0 Å². The van der Waals surface area contributed by atoms with Crippen LogP contribution in [0.3, 0.4) is 0 Å². The van der Waals surface area contributed by atoms with Crippen LogP contribution in [0.2, 0.25) is 0 Å². The molecule has 1 fully saturated rings. The standard InChI is InChI=1S/C21H35N3O.2ClH/c1-3-24(4-2)16-19-10-8-18(9-11-19)15-23-20(25)14-21(17-22)12-6-5-7-13-21;;/h8-11H,3-7,12-17,22H2,1-2H3,(H,23,25);2*1H. The van der Waals surface area contributed by atoms with E-state index in [1.165, 1.54) is 24.8 Å². The zero-order valence-electron chi connectivity index (χ0n) is 16.8. The molecule has 1 saturated carbocycles. The Kier molecular flexibility index (Phi) is 13.0. The number of benzene rings is 1. The minimum Gasteiger partial charge on any atom is -0.352 e. The Morgan fingerprint density at radius 3 is 2.11 bits per heavy atom. The summed E-state index contributed by atoms with van der Waals surface area (Å²) in [6, 6.07) is 8.58. The average molecular weight is 418 g/mol. The van der Waals surface area contributed by atoms with Crippen LogP contribution < -0.4 is 11.1 Å². The Bertz CT molecular complexity index is 527. The molecule has 156 valence electrons. The van der Waals surface area contributed by atoms with E-state index in [2.05, 4.69) is 48.3 Å². The van der Waals surface area contributed by atoms with Crippen LogP contribution in [0.4, 0.5) is 0 Å². The fourth-order valence-electron chi connectivity index (χ4n) is 3.83. The first-order valence-corrected chi connectivity index (χ1v) is 9.88. The van der Waals surface area contributed by atoms with Crippen molar-refractivity contribution in [2.24, 2.45) is 11.1 Å². The summed E-state index contributed by atoms with van der Waals surface area (Å²) in [4.78, 5) is 14.8. The van der Waals surface area contributed by atoms with E-state index in [-0.39, 0.29) is 36.1 Å². The van der Waals surface area contributed by atoms with Crippen LogP contribution in [-0.2, 0) is 17.9 Å². The van der Waals surface area contributed by atoms with Crippen molar-refractivity contribution in [2.45, 2.75) is 65.5 Å². The number of carbonyl (C=O) groups is 1. The maximum Gasteiger partial charge on any atom is 0.220 e. The highest BCUT2D eigenvalue weighted by atomic mass is 35.5. The molecule has 1 aromatic carbocycles. The van der Waals surface area contributed by atoms with E-state index in [9.17, 15) is 4.79 Å². The summed E-state index contributed by atoms with van der Waals surface area (Å²) < 4.78 is 0. The van der Waals surface area contributed by atoms with Crippen molar-refractivity contribution in [1.29, 1.82) is 0 Å². The van der Waals surface area contributed by atoms with Gasteiger partial charge in [-0.05, 0) is 49.0 Å². The van der Waals surface area contributed by atoms with E-state index in [0.717, 1.165) is 38.0 Å². The summed E-state index contributed by atoms with van der Waals surface area (Å²) in [6.07, 6.45) is 6.46. The molecule has 0 aliphatic heterocycles. The first kappa shape index (κ1) is 26.2. The van der Waals surface area contributed by atoms with Gasteiger partial charge in [0.15, 0.2) is 0 Å². The molecule has 0 aromatic heterocycles. The molecule has 1 aromatic rings. The van der Waals surface area contributed by atoms with E-state index in [1.54, 1.807) is 0 Å². The monoisotopic (exact) mass is 417 g/mol. The number of nitrogens with two attached hydrogens (primary N) is 1. The summed E-state index contributed by atoms with van der Waals surface area (Å²) >= 11 is 0. The summed E-state index contributed by atoms with van der Waals surface area (Å²) in [5.74, 6) is 0.138. The molecule has 2 rings (SSSR count). The van der Waals surface area contributed by atoms with Gasteiger partial charge in [-0.25, -0.2) is 0 Å².